The number of fused-ring (bicyclic) bond motifs is 1. The van der Waals surface area contributed by atoms with Crippen LogP contribution in [0.5, 0.6) is 5.75 Å². The van der Waals surface area contributed by atoms with Crippen molar-refractivity contribution < 1.29 is 33.2 Å². The van der Waals surface area contributed by atoms with Gasteiger partial charge in [0.1, 0.15) is 6.04 Å². The van der Waals surface area contributed by atoms with Gasteiger partial charge < -0.3 is 14.5 Å². The lowest BCUT2D eigenvalue weighted by molar-refractivity contribution is -0.385. The fourth-order valence-corrected chi connectivity index (χ4v) is 6.79. The van der Waals surface area contributed by atoms with Crippen LogP contribution in [-0.4, -0.2) is 97.3 Å². The number of nitrogens with one attached hydrogen (secondary N) is 1. The highest BCUT2D eigenvalue weighted by molar-refractivity contribution is 6.23. The van der Waals surface area contributed by atoms with Gasteiger partial charge in [0.05, 0.1) is 34.9 Å². The number of nitro benzene ring substituents is 1. The van der Waals surface area contributed by atoms with E-state index in [1.54, 1.807) is 12.1 Å². The van der Waals surface area contributed by atoms with Crippen molar-refractivity contribution in [3.63, 3.8) is 0 Å². The van der Waals surface area contributed by atoms with Crippen molar-refractivity contribution in [2.75, 3.05) is 62.7 Å². The summed E-state index contributed by atoms with van der Waals surface area (Å²) in [7, 11) is 1.34. The number of carbonyl (C=O) groups is 4. The molecule has 4 aliphatic rings. The maximum Gasteiger partial charge on any atom is 0.313 e. The summed E-state index contributed by atoms with van der Waals surface area (Å²) in [4.78, 5) is 68.1. The SMILES string of the molecule is COc1cc(N2CCC(CCN3CCN(c4ccc5c(c4)C(=O)N(C4CCC(=O)NC4=O)C5=O)CC3)CC2)c(F)cc1[N+](=O)[O-]. The van der Waals surface area contributed by atoms with Crippen molar-refractivity contribution in [2.24, 2.45) is 5.92 Å². The van der Waals surface area contributed by atoms with E-state index in [9.17, 15) is 33.7 Å². The molecule has 13 nitrogen and oxygen atoms in total. The Kier molecular flexibility index (Phi) is 8.40. The van der Waals surface area contributed by atoms with Gasteiger partial charge >= 0.3 is 5.69 Å². The summed E-state index contributed by atoms with van der Waals surface area (Å²) in [6, 6.07) is 6.57. The van der Waals surface area contributed by atoms with Crippen LogP contribution in [0.15, 0.2) is 30.3 Å². The van der Waals surface area contributed by atoms with Crippen LogP contribution in [-0.2, 0) is 9.59 Å². The number of ether oxygens (including phenoxy) is 1. The van der Waals surface area contributed by atoms with E-state index in [0.717, 1.165) is 68.6 Å². The topological polar surface area (TPSA) is 146 Å². The Hall–Kier alpha value is -4.59. The first-order valence-corrected chi connectivity index (χ1v) is 15.2. The monoisotopic (exact) mass is 622 g/mol. The van der Waals surface area contributed by atoms with Gasteiger partial charge in [0.15, 0.2) is 11.6 Å². The Bertz CT molecular complexity index is 1550. The molecule has 2 aromatic rings. The van der Waals surface area contributed by atoms with Crippen LogP contribution < -0.4 is 19.9 Å². The van der Waals surface area contributed by atoms with E-state index in [0.29, 0.717) is 24.7 Å². The van der Waals surface area contributed by atoms with Crippen LogP contribution in [0.3, 0.4) is 0 Å². The lowest BCUT2D eigenvalue weighted by Gasteiger charge is -2.38. The number of hydrogen-bond donors (Lipinski definition) is 1. The van der Waals surface area contributed by atoms with Crippen LogP contribution in [0.4, 0.5) is 21.5 Å². The number of rotatable bonds is 8. The average molecular weight is 623 g/mol. The molecule has 0 bridgehead atoms. The molecule has 0 radical (unpaired) electrons. The molecular formula is C31H35FN6O7. The van der Waals surface area contributed by atoms with E-state index in [-0.39, 0.29) is 35.4 Å². The third kappa shape index (κ3) is 5.93. The van der Waals surface area contributed by atoms with E-state index in [1.807, 2.05) is 11.0 Å². The van der Waals surface area contributed by atoms with E-state index < -0.39 is 40.4 Å². The number of imide groups is 2. The summed E-state index contributed by atoms with van der Waals surface area (Å²) in [5, 5.41) is 13.4. The first-order valence-electron chi connectivity index (χ1n) is 15.2. The highest BCUT2D eigenvalue weighted by Gasteiger charge is 2.44. The summed E-state index contributed by atoms with van der Waals surface area (Å²) in [5.41, 5.74) is 1.34. The quantitative estimate of drug-likeness (QED) is 0.265. The molecule has 3 saturated heterocycles. The first kappa shape index (κ1) is 30.4. The number of nitrogens with zero attached hydrogens (tertiary/aromatic N) is 5. The number of halogens is 1. The van der Waals surface area contributed by atoms with Gasteiger partial charge in [-0.2, -0.15) is 0 Å². The number of hydrogen-bond acceptors (Lipinski definition) is 10. The molecule has 4 aliphatic heterocycles. The predicted molar refractivity (Wildman–Crippen MR) is 161 cm³/mol. The molecule has 6 rings (SSSR count). The van der Waals surface area contributed by atoms with Crippen LogP contribution in [0.2, 0.25) is 0 Å². The predicted octanol–water partition coefficient (Wildman–Crippen LogP) is 2.57. The van der Waals surface area contributed by atoms with Crippen molar-refractivity contribution >= 4 is 40.7 Å². The van der Waals surface area contributed by atoms with Gasteiger partial charge in [-0.25, -0.2) is 4.39 Å². The molecule has 3 fully saturated rings. The standard InChI is InChI=1S/C31H35FN6O7/c1-45-27-18-25(23(32)17-26(27)38(43)44)36-10-7-19(8-11-36)6-9-34-12-14-35(15-13-34)20-2-3-21-22(16-20)31(42)37(30(21)41)24-4-5-28(39)33-29(24)40/h2-3,16-19,24H,4-15H2,1H3,(H,33,39,40). The first-order chi connectivity index (χ1) is 21.6. The second-order valence-electron chi connectivity index (χ2n) is 12.0. The van der Waals surface area contributed by atoms with E-state index in [4.69, 9.17) is 4.74 Å². The summed E-state index contributed by atoms with van der Waals surface area (Å²) in [5.74, 6) is -2.12. The Labute approximate surface area is 259 Å². The smallest absolute Gasteiger partial charge is 0.313 e. The third-order valence-electron chi connectivity index (χ3n) is 9.41. The van der Waals surface area contributed by atoms with Crippen LogP contribution in [0, 0.1) is 21.8 Å². The number of carbonyl (C=O) groups excluding carboxylic acids is 4. The Morgan fingerprint density at radius 1 is 0.933 bits per heavy atom. The molecule has 1 unspecified atom stereocenters. The lowest BCUT2D eigenvalue weighted by Crippen LogP contribution is -2.54. The molecule has 4 amide bonds. The molecule has 0 aromatic heterocycles. The number of nitro groups is 1. The van der Waals surface area contributed by atoms with Gasteiger partial charge in [-0.3, -0.25) is 44.4 Å². The molecule has 14 heteroatoms. The highest BCUT2D eigenvalue weighted by Crippen LogP contribution is 2.36. The average Bonchev–Trinajstić information content (AvgIpc) is 3.29. The number of piperazine rings is 1. The van der Waals surface area contributed by atoms with Crippen molar-refractivity contribution in [2.45, 2.75) is 38.1 Å². The normalized spacial score (nSPS) is 21.3. The van der Waals surface area contributed by atoms with E-state index in [1.165, 1.54) is 13.2 Å². The van der Waals surface area contributed by atoms with Gasteiger partial charge in [0, 0.05) is 57.4 Å². The molecule has 0 saturated carbocycles. The van der Waals surface area contributed by atoms with Gasteiger partial charge in [0.25, 0.3) is 11.8 Å². The summed E-state index contributed by atoms with van der Waals surface area (Å²) >= 11 is 0. The number of methoxy groups -OCH3 is 1. The van der Waals surface area contributed by atoms with Gasteiger partial charge in [-0.05, 0) is 56.3 Å². The third-order valence-corrected chi connectivity index (χ3v) is 9.41. The second kappa shape index (κ2) is 12.4. The minimum absolute atomic E-state index is 0.0480. The van der Waals surface area contributed by atoms with Crippen molar-refractivity contribution in [1.82, 2.24) is 15.1 Å². The summed E-state index contributed by atoms with van der Waals surface area (Å²) < 4.78 is 19.8. The second-order valence-corrected chi connectivity index (χ2v) is 12.0. The molecule has 0 aliphatic carbocycles. The zero-order valence-corrected chi connectivity index (χ0v) is 25.0. The van der Waals surface area contributed by atoms with Crippen LogP contribution in [0.25, 0.3) is 0 Å². The number of benzene rings is 2. The van der Waals surface area contributed by atoms with Crippen molar-refractivity contribution in [3.8, 4) is 5.75 Å². The Balaban J connectivity index is 0.987. The molecule has 45 heavy (non-hydrogen) atoms. The molecule has 1 atom stereocenters. The van der Waals surface area contributed by atoms with E-state index in [2.05, 4.69) is 15.1 Å². The molecule has 2 aromatic carbocycles. The summed E-state index contributed by atoms with van der Waals surface area (Å²) in [6.07, 6.45) is 3.02. The highest BCUT2D eigenvalue weighted by atomic mass is 19.1. The maximum absolute atomic E-state index is 14.7. The van der Waals surface area contributed by atoms with E-state index >= 15 is 0 Å². The fraction of sp³-hybridized carbons (Fsp3) is 0.484. The van der Waals surface area contributed by atoms with Gasteiger partial charge in [-0.1, -0.05) is 0 Å². The number of amides is 4. The van der Waals surface area contributed by atoms with Gasteiger partial charge in [0.2, 0.25) is 11.8 Å². The number of piperidine rings is 2. The summed E-state index contributed by atoms with van der Waals surface area (Å²) in [6.45, 7) is 5.48. The zero-order chi connectivity index (χ0) is 31.8. The molecule has 0 spiro atoms. The van der Waals surface area contributed by atoms with Crippen LogP contribution in [0.1, 0.15) is 52.8 Å². The zero-order valence-electron chi connectivity index (χ0n) is 25.0. The molecule has 4 heterocycles. The number of anilines is 2. The van der Waals surface area contributed by atoms with Gasteiger partial charge in [-0.15, -0.1) is 0 Å². The lowest BCUT2D eigenvalue weighted by atomic mass is 9.93. The maximum atomic E-state index is 14.7. The molecular weight excluding hydrogens is 587 g/mol. The molecule has 1 N–H and O–H groups in total. The van der Waals surface area contributed by atoms with Crippen molar-refractivity contribution in [3.05, 3.63) is 57.4 Å². The minimum atomic E-state index is -0.985. The fourth-order valence-electron chi connectivity index (χ4n) is 6.79. The Morgan fingerprint density at radius 3 is 2.31 bits per heavy atom. The largest absolute Gasteiger partial charge is 0.490 e. The minimum Gasteiger partial charge on any atom is -0.490 e. The van der Waals surface area contributed by atoms with Crippen LogP contribution >= 0.6 is 0 Å². The Morgan fingerprint density at radius 2 is 1.64 bits per heavy atom. The molecule has 238 valence electrons. The van der Waals surface area contributed by atoms with Crippen molar-refractivity contribution in [1.29, 1.82) is 0 Å².